The van der Waals surface area contributed by atoms with Crippen LogP contribution < -0.4 is 65.9 Å². The Hall–Kier alpha value is -5.74. The number of amides is 8. The van der Waals surface area contributed by atoms with Crippen LogP contribution >= 0.6 is 0 Å². The fourth-order valence-corrected chi connectivity index (χ4v) is 5.60. The molecule has 9 atom stereocenters. The Morgan fingerprint density at radius 1 is 0.550 bits per heavy atom. The van der Waals surface area contributed by atoms with Crippen molar-refractivity contribution in [3.8, 4) is 0 Å². The lowest BCUT2D eigenvalue weighted by Crippen LogP contribution is -2.63. The van der Waals surface area contributed by atoms with Gasteiger partial charge >= 0.3 is 0 Å². The molecule has 342 valence electrons. The molecule has 18 N–H and O–H groups in total. The van der Waals surface area contributed by atoms with Gasteiger partial charge in [0.1, 0.15) is 36.3 Å². The van der Waals surface area contributed by atoms with Crippen molar-refractivity contribution in [3.05, 3.63) is 0 Å². The number of nitrogens with zero attached hydrogens (tertiary/aromatic N) is 2. The van der Waals surface area contributed by atoms with E-state index in [1.807, 2.05) is 0 Å². The zero-order chi connectivity index (χ0) is 46.3. The van der Waals surface area contributed by atoms with Gasteiger partial charge in [-0.15, -0.1) is 0 Å². The summed E-state index contributed by atoms with van der Waals surface area (Å²) in [6.45, 7) is 12.6. The van der Waals surface area contributed by atoms with Crippen molar-refractivity contribution >= 4 is 59.2 Å². The average Bonchev–Trinajstić information content (AvgIpc) is 3.16. The van der Waals surface area contributed by atoms with E-state index in [1.54, 1.807) is 41.5 Å². The van der Waals surface area contributed by atoms with Crippen LogP contribution in [0.5, 0.6) is 0 Å². The van der Waals surface area contributed by atoms with Gasteiger partial charge in [0.15, 0.2) is 11.9 Å². The first kappa shape index (κ1) is 54.3. The Bertz CT molecular complexity index is 1520. The monoisotopic (exact) mass is 855 g/mol. The molecule has 60 heavy (non-hydrogen) atoms. The lowest BCUT2D eigenvalue weighted by molar-refractivity contribution is -0.138. The fourth-order valence-electron chi connectivity index (χ4n) is 5.60. The summed E-state index contributed by atoms with van der Waals surface area (Å²) in [5.74, 6) is -7.69. The van der Waals surface area contributed by atoms with Crippen LogP contribution in [0, 0.1) is 17.8 Å². The molecule has 0 spiro atoms. The number of carbonyl (C=O) groups is 8. The first-order chi connectivity index (χ1) is 28.0. The Kier molecular flexibility index (Phi) is 25.2. The fraction of sp³-hybridized carbons (Fsp3) is 0.730. The van der Waals surface area contributed by atoms with Gasteiger partial charge in [-0.1, -0.05) is 54.4 Å². The van der Waals surface area contributed by atoms with Gasteiger partial charge in [-0.3, -0.25) is 48.3 Å². The zero-order valence-corrected chi connectivity index (χ0v) is 36.1. The molecular weight excluding hydrogens is 784 g/mol. The molecule has 8 amide bonds. The summed E-state index contributed by atoms with van der Waals surface area (Å²) in [7, 11) is 0. The number of aliphatic hydroxyl groups is 1. The minimum absolute atomic E-state index is 0.0613. The van der Waals surface area contributed by atoms with Gasteiger partial charge in [0, 0.05) is 20.0 Å². The molecule has 23 heteroatoms. The summed E-state index contributed by atoms with van der Waals surface area (Å²) in [6, 6.07) is -7.65. The number of rotatable bonds is 28. The highest BCUT2D eigenvalue weighted by atomic mass is 16.3. The van der Waals surface area contributed by atoms with Gasteiger partial charge < -0.3 is 71.0 Å². The maximum Gasteiger partial charge on any atom is 0.245 e. The van der Waals surface area contributed by atoms with E-state index >= 15 is 0 Å². The number of hydrogen-bond acceptors (Lipinski definition) is 11. The summed E-state index contributed by atoms with van der Waals surface area (Å²) in [5, 5.41) is 28.5. The highest BCUT2D eigenvalue weighted by molar-refractivity contribution is 5.97. The van der Waals surface area contributed by atoms with E-state index in [-0.39, 0.29) is 50.8 Å². The van der Waals surface area contributed by atoms with E-state index in [1.165, 1.54) is 13.8 Å². The first-order valence-electron chi connectivity index (χ1n) is 20.1. The third kappa shape index (κ3) is 20.8. The molecule has 0 heterocycles. The second-order valence-electron chi connectivity index (χ2n) is 15.1. The second kappa shape index (κ2) is 27.9. The third-order valence-electron chi connectivity index (χ3n) is 9.60. The van der Waals surface area contributed by atoms with Crippen LogP contribution in [0.3, 0.4) is 0 Å². The molecule has 0 aliphatic heterocycles. The second-order valence-corrected chi connectivity index (χ2v) is 15.1. The van der Waals surface area contributed by atoms with Crippen molar-refractivity contribution in [1.29, 1.82) is 0 Å². The highest BCUT2D eigenvalue weighted by Gasteiger charge is 2.37. The summed E-state index contributed by atoms with van der Waals surface area (Å²) < 4.78 is 0. The third-order valence-corrected chi connectivity index (χ3v) is 9.60. The quantitative estimate of drug-likeness (QED) is 0.0202. The number of hydrogen-bond donors (Lipinski definition) is 13. The Morgan fingerprint density at radius 3 is 1.37 bits per heavy atom. The van der Waals surface area contributed by atoms with Crippen LogP contribution in [-0.2, 0) is 38.4 Å². The van der Waals surface area contributed by atoms with Crippen LogP contribution in [-0.4, -0.2) is 126 Å². The SMILES string of the molecule is CC[C@@H](C)[C@@H](NC(=O)[C@@H](NC(=O)CNC(C)=O)C(C)C)C(=O)N[C@H](C(=O)N[C@@H](CCCN=C(N)N)C(=O)N[C@H](C(=O)N[C@@H](CCCN=C(N)N)C(N)=O)[C@@H](C)CC)[C@@H](C)O. The van der Waals surface area contributed by atoms with Gasteiger partial charge in [-0.25, -0.2) is 0 Å². The number of carbonyl (C=O) groups excluding carboxylic acids is 8. The lowest BCUT2D eigenvalue weighted by atomic mass is 9.95. The van der Waals surface area contributed by atoms with Crippen molar-refractivity contribution < 1.29 is 43.5 Å². The molecule has 0 aromatic rings. The van der Waals surface area contributed by atoms with Crippen molar-refractivity contribution in [2.75, 3.05) is 19.6 Å². The minimum Gasteiger partial charge on any atom is -0.391 e. The van der Waals surface area contributed by atoms with Crippen molar-refractivity contribution in [2.24, 2.45) is 56.4 Å². The molecule has 0 saturated carbocycles. The van der Waals surface area contributed by atoms with Crippen molar-refractivity contribution in [3.63, 3.8) is 0 Å². The largest absolute Gasteiger partial charge is 0.391 e. The molecule has 0 bridgehead atoms. The standard InChI is InChI=1S/C37H70N14O9/c1-9-19(5)27(33(58)46-23(30(38)55)13-11-15-43-36(39)40)49-31(56)24(14-12-16-44-37(41)42)47-35(60)29(21(7)52)51-34(59)28(20(6)10-2)50-32(57)26(18(3)4)48-25(54)17-45-22(8)53/h18-21,23-24,26-29,52H,9-17H2,1-8H3,(H2,38,55)(H,45,53)(H,46,58)(H,47,60)(H,48,54)(H,49,56)(H,50,57)(H,51,59)(H4,39,40,43)(H4,41,42,44)/t19-,20+,21+,23-,24-,26-,27-,28+,29-/m0/s1. The number of nitrogens with two attached hydrogens (primary N) is 5. The minimum atomic E-state index is -1.64. The van der Waals surface area contributed by atoms with Gasteiger partial charge in [-0.2, -0.15) is 0 Å². The molecule has 0 aromatic heterocycles. The number of guanidine groups is 2. The summed E-state index contributed by atoms with van der Waals surface area (Å²) in [4.78, 5) is 112. The summed E-state index contributed by atoms with van der Waals surface area (Å²) >= 11 is 0. The van der Waals surface area contributed by atoms with Gasteiger partial charge in [0.05, 0.1) is 12.6 Å². The van der Waals surface area contributed by atoms with Crippen LogP contribution in [0.15, 0.2) is 9.98 Å². The maximum atomic E-state index is 13.9. The Balaban J connectivity index is 6.41. The normalized spacial score (nSPS) is 15.4. The van der Waals surface area contributed by atoms with Crippen molar-refractivity contribution in [2.45, 2.75) is 136 Å². The van der Waals surface area contributed by atoms with Crippen LogP contribution in [0.1, 0.15) is 93.9 Å². The number of nitrogens with one attached hydrogen (secondary N) is 7. The highest BCUT2D eigenvalue weighted by Crippen LogP contribution is 2.13. The van der Waals surface area contributed by atoms with Gasteiger partial charge in [0.2, 0.25) is 47.3 Å². The maximum absolute atomic E-state index is 13.9. The van der Waals surface area contributed by atoms with Gasteiger partial charge in [-0.05, 0) is 50.4 Å². The van der Waals surface area contributed by atoms with E-state index in [4.69, 9.17) is 28.7 Å². The van der Waals surface area contributed by atoms with E-state index in [0.29, 0.717) is 19.3 Å². The van der Waals surface area contributed by atoms with Crippen LogP contribution in [0.4, 0.5) is 0 Å². The summed E-state index contributed by atoms with van der Waals surface area (Å²) in [5.41, 5.74) is 27.1. The lowest BCUT2D eigenvalue weighted by Gasteiger charge is -2.31. The molecule has 0 aromatic carbocycles. The molecule has 0 aliphatic rings. The number of aliphatic hydroxyl groups excluding tert-OH is 1. The zero-order valence-electron chi connectivity index (χ0n) is 36.1. The van der Waals surface area contributed by atoms with Crippen LogP contribution in [0.25, 0.3) is 0 Å². The number of primary amides is 1. The molecule has 0 radical (unpaired) electrons. The Morgan fingerprint density at radius 2 is 0.950 bits per heavy atom. The molecule has 0 saturated heterocycles. The predicted molar refractivity (Wildman–Crippen MR) is 225 cm³/mol. The van der Waals surface area contributed by atoms with E-state index < -0.39 is 107 Å². The van der Waals surface area contributed by atoms with Crippen LogP contribution in [0.2, 0.25) is 0 Å². The number of aliphatic imine (C=N–C) groups is 2. The molecule has 0 fully saturated rings. The van der Waals surface area contributed by atoms with E-state index in [0.717, 1.165) is 0 Å². The topological polar surface area (TPSA) is 396 Å². The molecular formula is C37H70N14O9. The van der Waals surface area contributed by atoms with E-state index in [2.05, 4.69) is 47.2 Å². The Labute approximate surface area is 351 Å². The average molecular weight is 855 g/mol. The summed E-state index contributed by atoms with van der Waals surface area (Å²) in [6.07, 6.45) is -0.190. The first-order valence-corrected chi connectivity index (χ1v) is 20.1. The predicted octanol–water partition coefficient (Wildman–Crippen LogP) is -4.25. The van der Waals surface area contributed by atoms with Gasteiger partial charge in [0.25, 0.3) is 0 Å². The molecule has 0 rings (SSSR count). The molecule has 0 unspecified atom stereocenters. The van der Waals surface area contributed by atoms with E-state index in [9.17, 15) is 43.5 Å². The molecule has 23 nitrogen and oxygen atoms in total. The van der Waals surface area contributed by atoms with Crippen molar-refractivity contribution in [1.82, 2.24) is 37.2 Å². The molecule has 0 aliphatic carbocycles. The smallest absolute Gasteiger partial charge is 0.245 e.